The molecule has 0 amide bonds. The predicted octanol–water partition coefficient (Wildman–Crippen LogP) is 2.94. The maximum atomic E-state index is 6.10. The molecule has 0 spiro atoms. The number of nitrogens with zero attached hydrogens (tertiary/aromatic N) is 1. The summed E-state index contributed by atoms with van der Waals surface area (Å²) in [4.78, 5) is 2.58. The van der Waals surface area contributed by atoms with Crippen molar-refractivity contribution in [3.8, 4) is 5.75 Å². The first kappa shape index (κ1) is 14.2. The van der Waals surface area contributed by atoms with Crippen LogP contribution in [0.1, 0.15) is 25.7 Å². The van der Waals surface area contributed by atoms with E-state index in [2.05, 4.69) is 10.2 Å². The van der Waals surface area contributed by atoms with E-state index in [9.17, 15) is 0 Å². The molecule has 1 saturated carbocycles. The Morgan fingerprint density at radius 1 is 1.25 bits per heavy atom. The molecule has 110 valence electrons. The molecular weight excluding hydrogens is 272 g/mol. The van der Waals surface area contributed by atoms with Crippen molar-refractivity contribution < 1.29 is 4.74 Å². The molecule has 0 bridgehead atoms. The third-order valence-electron chi connectivity index (χ3n) is 4.15. The zero-order valence-electron chi connectivity index (χ0n) is 11.9. The molecule has 1 aliphatic heterocycles. The molecule has 2 fully saturated rings. The topological polar surface area (TPSA) is 24.5 Å². The van der Waals surface area contributed by atoms with E-state index in [1.165, 1.54) is 32.2 Å². The van der Waals surface area contributed by atoms with Crippen LogP contribution in [-0.2, 0) is 0 Å². The van der Waals surface area contributed by atoms with Crippen LogP contribution in [0.5, 0.6) is 5.75 Å². The van der Waals surface area contributed by atoms with Crippen molar-refractivity contribution >= 4 is 11.6 Å². The van der Waals surface area contributed by atoms with Gasteiger partial charge in [-0.15, -0.1) is 0 Å². The Hall–Kier alpha value is -0.770. The van der Waals surface area contributed by atoms with Crippen LogP contribution in [0.4, 0.5) is 0 Å². The van der Waals surface area contributed by atoms with E-state index in [4.69, 9.17) is 16.3 Å². The Labute approximate surface area is 126 Å². The molecule has 1 atom stereocenters. The van der Waals surface area contributed by atoms with Crippen LogP contribution < -0.4 is 10.1 Å². The summed E-state index contributed by atoms with van der Waals surface area (Å²) in [5.41, 5.74) is 0. The number of nitrogens with one attached hydrogen (secondary N) is 1. The van der Waals surface area contributed by atoms with Crippen LogP contribution >= 0.6 is 11.6 Å². The minimum absolute atomic E-state index is 0.677. The van der Waals surface area contributed by atoms with Crippen LogP contribution in [0.2, 0.25) is 5.02 Å². The summed E-state index contributed by atoms with van der Waals surface area (Å²) in [6.07, 6.45) is 5.32. The van der Waals surface area contributed by atoms with Crippen LogP contribution in [0.25, 0.3) is 0 Å². The molecule has 0 radical (unpaired) electrons. The fourth-order valence-corrected chi connectivity index (χ4v) is 3.08. The van der Waals surface area contributed by atoms with E-state index in [0.29, 0.717) is 17.7 Å². The number of benzene rings is 1. The van der Waals surface area contributed by atoms with Gasteiger partial charge in [-0.3, -0.25) is 4.90 Å². The SMILES string of the molecule is Clc1ccccc1OCCN(CC1CCCN1)C1CC1. The smallest absolute Gasteiger partial charge is 0.137 e. The molecule has 20 heavy (non-hydrogen) atoms. The Kier molecular flexibility index (Phi) is 4.81. The van der Waals surface area contributed by atoms with Gasteiger partial charge in [-0.25, -0.2) is 0 Å². The summed E-state index contributed by atoms with van der Waals surface area (Å²) in [7, 11) is 0. The third-order valence-corrected chi connectivity index (χ3v) is 4.47. The minimum Gasteiger partial charge on any atom is -0.491 e. The highest BCUT2D eigenvalue weighted by atomic mass is 35.5. The highest BCUT2D eigenvalue weighted by Gasteiger charge is 2.30. The molecule has 1 aliphatic carbocycles. The van der Waals surface area contributed by atoms with Gasteiger partial charge in [0.2, 0.25) is 0 Å². The number of hydrogen-bond acceptors (Lipinski definition) is 3. The Balaban J connectivity index is 1.46. The summed E-state index contributed by atoms with van der Waals surface area (Å²) in [5, 5.41) is 4.28. The quantitative estimate of drug-likeness (QED) is 0.837. The van der Waals surface area contributed by atoms with Gasteiger partial charge >= 0.3 is 0 Å². The highest BCUT2D eigenvalue weighted by Crippen LogP contribution is 2.28. The molecule has 1 heterocycles. The largest absolute Gasteiger partial charge is 0.491 e. The second-order valence-corrected chi connectivity index (χ2v) is 6.21. The Bertz CT molecular complexity index is 430. The van der Waals surface area contributed by atoms with Gasteiger partial charge in [0, 0.05) is 25.2 Å². The lowest BCUT2D eigenvalue weighted by atomic mass is 10.2. The van der Waals surface area contributed by atoms with Gasteiger partial charge < -0.3 is 10.1 Å². The zero-order chi connectivity index (χ0) is 13.8. The Morgan fingerprint density at radius 2 is 2.10 bits per heavy atom. The summed E-state index contributed by atoms with van der Waals surface area (Å²) in [6.45, 7) is 4.05. The number of para-hydroxylation sites is 1. The average molecular weight is 295 g/mol. The third kappa shape index (κ3) is 3.87. The van der Waals surface area contributed by atoms with Gasteiger partial charge in [0.1, 0.15) is 12.4 Å². The van der Waals surface area contributed by atoms with Crippen molar-refractivity contribution in [2.24, 2.45) is 0 Å². The van der Waals surface area contributed by atoms with Crippen LogP contribution in [0.3, 0.4) is 0 Å². The van der Waals surface area contributed by atoms with Crippen molar-refractivity contribution in [1.29, 1.82) is 0 Å². The van der Waals surface area contributed by atoms with Crippen LogP contribution in [0, 0.1) is 0 Å². The maximum Gasteiger partial charge on any atom is 0.137 e. The van der Waals surface area contributed by atoms with Gasteiger partial charge in [0.15, 0.2) is 0 Å². The van der Waals surface area contributed by atoms with E-state index in [1.807, 2.05) is 24.3 Å². The lowest BCUT2D eigenvalue weighted by Crippen LogP contribution is -2.40. The second kappa shape index (κ2) is 6.79. The first-order valence-corrected chi connectivity index (χ1v) is 8.05. The molecule has 1 N–H and O–H groups in total. The number of halogens is 1. The first-order chi connectivity index (χ1) is 9.83. The maximum absolute atomic E-state index is 6.10. The minimum atomic E-state index is 0.677. The monoisotopic (exact) mass is 294 g/mol. The second-order valence-electron chi connectivity index (χ2n) is 5.80. The summed E-state index contributed by atoms with van der Waals surface area (Å²) in [6, 6.07) is 9.16. The lowest BCUT2D eigenvalue weighted by Gasteiger charge is -2.25. The average Bonchev–Trinajstić information content (AvgIpc) is 3.18. The van der Waals surface area contributed by atoms with E-state index >= 15 is 0 Å². The normalized spacial score (nSPS) is 22.4. The van der Waals surface area contributed by atoms with Gasteiger partial charge in [-0.1, -0.05) is 23.7 Å². The highest BCUT2D eigenvalue weighted by molar-refractivity contribution is 6.32. The van der Waals surface area contributed by atoms with Crippen LogP contribution in [-0.4, -0.2) is 43.2 Å². The van der Waals surface area contributed by atoms with Crippen molar-refractivity contribution in [1.82, 2.24) is 10.2 Å². The molecule has 2 aliphatic rings. The molecule has 3 nitrogen and oxygen atoms in total. The van der Waals surface area contributed by atoms with E-state index in [1.54, 1.807) is 0 Å². The van der Waals surface area contributed by atoms with Gasteiger partial charge in [-0.05, 0) is 44.4 Å². The van der Waals surface area contributed by atoms with Gasteiger partial charge in [0.25, 0.3) is 0 Å². The molecule has 1 aromatic carbocycles. The summed E-state index contributed by atoms with van der Waals surface area (Å²) >= 11 is 6.10. The summed E-state index contributed by atoms with van der Waals surface area (Å²) in [5.74, 6) is 0.795. The Morgan fingerprint density at radius 3 is 2.80 bits per heavy atom. The molecule has 1 saturated heterocycles. The first-order valence-electron chi connectivity index (χ1n) is 7.68. The molecule has 1 aromatic rings. The van der Waals surface area contributed by atoms with E-state index < -0.39 is 0 Å². The van der Waals surface area contributed by atoms with Gasteiger partial charge in [0.05, 0.1) is 5.02 Å². The molecule has 1 unspecified atom stereocenters. The molecular formula is C16H23ClN2O. The fourth-order valence-electron chi connectivity index (χ4n) is 2.89. The van der Waals surface area contributed by atoms with Gasteiger partial charge in [-0.2, -0.15) is 0 Å². The standard InChI is InChI=1S/C16H23ClN2O/c17-15-5-1-2-6-16(15)20-11-10-19(14-7-8-14)12-13-4-3-9-18-13/h1-2,5-6,13-14,18H,3-4,7-12H2. The number of rotatable bonds is 7. The molecule has 3 rings (SSSR count). The van der Waals surface area contributed by atoms with E-state index in [-0.39, 0.29) is 0 Å². The van der Waals surface area contributed by atoms with Crippen molar-refractivity contribution in [3.05, 3.63) is 29.3 Å². The summed E-state index contributed by atoms with van der Waals surface area (Å²) < 4.78 is 5.82. The van der Waals surface area contributed by atoms with Crippen molar-refractivity contribution in [2.45, 2.75) is 37.8 Å². The van der Waals surface area contributed by atoms with Crippen molar-refractivity contribution in [2.75, 3.05) is 26.2 Å². The zero-order valence-corrected chi connectivity index (χ0v) is 12.6. The fraction of sp³-hybridized carbons (Fsp3) is 0.625. The predicted molar refractivity (Wildman–Crippen MR) is 82.6 cm³/mol. The molecule has 0 aromatic heterocycles. The van der Waals surface area contributed by atoms with E-state index in [0.717, 1.165) is 24.9 Å². The molecule has 4 heteroatoms. The lowest BCUT2D eigenvalue weighted by molar-refractivity contribution is 0.189. The number of ether oxygens (including phenoxy) is 1. The van der Waals surface area contributed by atoms with Crippen LogP contribution in [0.15, 0.2) is 24.3 Å². The van der Waals surface area contributed by atoms with Crippen molar-refractivity contribution in [3.63, 3.8) is 0 Å². The number of hydrogen-bond donors (Lipinski definition) is 1.